The number of aromatic amines is 1. The number of hydrogen-bond acceptors (Lipinski definition) is 4. The molecular formula is C26H27N3O3. The van der Waals surface area contributed by atoms with Crippen LogP contribution in [0.5, 0.6) is 5.75 Å². The quantitative estimate of drug-likeness (QED) is 0.392. The van der Waals surface area contributed by atoms with Crippen molar-refractivity contribution in [3.8, 4) is 5.75 Å². The van der Waals surface area contributed by atoms with Crippen molar-refractivity contribution < 1.29 is 14.6 Å². The Morgan fingerprint density at radius 3 is 2.44 bits per heavy atom. The first kappa shape index (κ1) is 21.6. The Kier molecular flexibility index (Phi) is 6.21. The smallest absolute Gasteiger partial charge is 0.347 e. The van der Waals surface area contributed by atoms with Crippen LogP contribution < -0.4 is 4.74 Å². The van der Waals surface area contributed by atoms with Gasteiger partial charge in [-0.25, -0.2) is 9.78 Å². The first-order valence-corrected chi connectivity index (χ1v) is 10.8. The van der Waals surface area contributed by atoms with Crippen molar-refractivity contribution in [1.82, 2.24) is 15.2 Å². The molecule has 1 aromatic heterocycles. The molecule has 1 heterocycles. The number of benzene rings is 3. The first-order valence-electron chi connectivity index (χ1n) is 10.8. The highest BCUT2D eigenvalue weighted by atomic mass is 16.5. The van der Waals surface area contributed by atoms with Crippen molar-refractivity contribution in [3.63, 3.8) is 0 Å². The Hall–Kier alpha value is -3.67. The Bertz CT molecular complexity index is 1210. The van der Waals surface area contributed by atoms with Gasteiger partial charge < -0.3 is 9.84 Å². The van der Waals surface area contributed by atoms with Gasteiger partial charge in [0.15, 0.2) is 11.4 Å². The summed E-state index contributed by atoms with van der Waals surface area (Å²) < 4.78 is 5.54. The average molecular weight is 430 g/mol. The van der Waals surface area contributed by atoms with Gasteiger partial charge in [-0.1, -0.05) is 54.6 Å². The number of ether oxygens (including phenoxy) is 1. The Balaban J connectivity index is 1.28. The standard InChI is InChI=1S/C26H27N3O3/c1-26(2,25(30)31)32-22-14-11-18(12-15-22)6-5-9-23-27-24(29-28-23)17-19-10-13-20-7-3-4-8-21(20)16-19/h3-4,7-8,10-16H,5-6,9,17H2,1-2H3,(H,30,31)(H,27,28,29). The van der Waals surface area contributed by atoms with Crippen LogP contribution in [0.3, 0.4) is 0 Å². The molecule has 4 rings (SSSR count). The van der Waals surface area contributed by atoms with Crippen LogP contribution in [0.2, 0.25) is 0 Å². The number of carboxylic acids is 1. The normalized spacial score (nSPS) is 11.6. The topological polar surface area (TPSA) is 88.1 Å². The molecule has 0 amide bonds. The summed E-state index contributed by atoms with van der Waals surface area (Å²) in [6, 6.07) is 22.4. The summed E-state index contributed by atoms with van der Waals surface area (Å²) in [5.74, 6) is 1.25. The fourth-order valence-electron chi connectivity index (χ4n) is 3.58. The van der Waals surface area contributed by atoms with Gasteiger partial charge in [0.1, 0.15) is 11.6 Å². The van der Waals surface area contributed by atoms with Gasteiger partial charge in [-0.3, -0.25) is 5.10 Å². The van der Waals surface area contributed by atoms with Crippen LogP contribution in [-0.4, -0.2) is 31.9 Å². The second-order valence-corrected chi connectivity index (χ2v) is 8.47. The molecule has 3 aromatic carbocycles. The van der Waals surface area contributed by atoms with Gasteiger partial charge >= 0.3 is 5.97 Å². The van der Waals surface area contributed by atoms with Crippen LogP contribution in [0.4, 0.5) is 0 Å². The largest absolute Gasteiger partial charge is 0.478 e. The number of carbonyl (C=O) groups is 1. The first-order chi connectivity index (χ1) is 15.4. The number of carboxylic acid groups (broad SMARTS) is 1. The van der Waals surface area contributed by atoms with E-state index in [9.17, 15) is 4.79 Å². The molecule has 0 bridgehead atoms. The lowest BCUT2D eigenvalue weighted by Crippen LogP contribution is -2.37. The molecule has 0 saturated heterocycles. The Labute approximate surface area is 187 Å². The molecule has 0 unspecified atom stereocenters. The zero-order valence-electron chi connectivity index (χ0n) is 18.3. The minimum Gasteiger partial charge on any atom is -0.478 e. The highest BCUT2D eigenvalue weighted by Crippen LogP contribution is 2.20. The van der Waals surface area contributed by atoms with E-state index in [0.717, 1.165) is 42.9 Å². The molecule has 0 aliphatic rings. The second-order valence-electron chi connectivity index (χ2n) is 8.47. The maximum absolute atomic E-state index is 11.2. The van der Waals surface area contributed by atoms with E-state index in [-0.39, 0.29) is 0 Å². The highest BCUT2D eigenvalue weighted by Gasteiger charge is 2.29. The third kappa shape index (κ3) is 5.32. The van der Waals surface area contributed by atoms with E-state index in [4.69, 9.17) is 9.84 Å². The minimum atomic E-state index is -1.25. The predicted molar refractivity (Wildman–Crippen MR) is 124 cm³/mol. The summed E-state index contributed by atoms with van der Waals surface area (Å²) >= 11 is 0. The lowest BCUT2D eigenvalue weighted by molar-refractivity contribution is -0.152. The van der Waals surface area contributed by atoms with Crippen LogP contribution in [0.25, 0.3) is 10.8 Å². The monoisotopic (exact) mass is 429 g/mol. The number of nitrogens with one attached hydrogen (secondary N) is 1. The Morgan fingerprint density at radius 1 is 0.969 bits per heavy atom. The van der Waals surface area contributed by atoms with E-state index in [1.54, 1.807) is 0 Å². The average Bonchev–Trinajstić information content (AvgIpc) is 3.21. The van der Waals surface area contributed by atoms with Gasteiger partial charge in [-0.15, -0.1) is 0 Å². The summed E-state index contributed by atoms with van der Waals surface area (Å²) in [5, 5.41) is 19.1. The molecule has 0 saturated carbocycles. The Morgan fingerprint density at radius 2 is 1.69 bits per heavy atom. The number of rotatable bonds is 9. The maximum Gasteiger partial charge on any atom is 0.347 e. The zero-order valence-corrected chi connectivity index (χ0v) is 18.3. The summed E-state index contributed by atoms with van der Waals surface area (Å²) in [6.45, 7) is 3.07. The molecular weight excluding hydrogens is 402 g/mol. The van der Waals surface area contributed by atoms with Crippen molar-refractivity contribution in [3.05, 3.63) is 89.5 Å². The second kappa shape index (κ2) is 9.22. The number of aromatic nitrogens is 3. The minimum absolute atomic E-state index is 0.549. The molecule has 0 atom stereocenters. The number of aryl methyl sites for hydroxylation is 2. The summed E-state index contributed by atoms with van der Waals surface area (Å²) in [7, 11) is 0. The van der Waals surface area contributed by atoms with Crippen LogP contribution in [0.1, 0.15) is 43.0 Å². The van der Waals surface area contributed by atoms with Crippen molar-refractivity contribution >= 4 is 16.7 Å². The van der Waals surface area contributed by atoms with Crippen LogP contribution in [0.15, 0.2) is 66.7 Å². The van der Waals surface area contributed by atoms with Crippen molar-refractivity contribution in [2.75, 3.05) is 0 Å². The van der Waals surface area contributed by atoms with Gasteiger partial charge in [0.25, 0.3) is 0 Å². The molecule has 0 spiro atoms. The van der Waals surface area contributed by atoms with Crippen LogP contribution in [0, 0.1) is 0 Å². The lowest BCUT2D eigenvalue weighted by Gasteiger charge is -2.21. The van der Waals surface area contributed by atoms with Gasteiger partial charge in [0, 0.05) is 12.8 Å². The number of nitrogens with zero attached hydrogens (tertiary/aromatic N) is 2. The lowest BCUT2D eigenvalue weighted by atomic mass is 10.1. The fourth-order valence-corrected chi connectivity index (χ4v) is 3.58. The third-order valence-electron chi connectivity index (χ3n) is 5.44. The van der Waals surface area contributed by atoms with Gasteiger partial charge in [0.2, 0.25) is 0 Å². The van der Waals surface area contributed by atoms with E-state index in [0.29, 0.717) is 5.75 Å². The molecule has 2 N–H and O–H groups in total. The number of aliphatic carboxylic acids is 1. The highest BCUT2D eigenvalue weighted by molar-refractivity contribution is 5.83. The zero-order chi connectivity index (χ0) is 22.6. The fraction of sp³-hybridized carbons (Fsp3) is 0.269. The van der Waals surface area contributed by atoms with Crippen LogP contribution >= 0.6 is 0 Å². The number of H-pyrrole nitrogens is 1. The maximum atomic E-state index is 11.2. The van der Waals surface area contributed by atoms with E-state index in [1.807, 2.05) is 30.3 Å². The number of fused-ring (bicyclic) bond motifs is 1. The molecule has 0 aliphatic heterocycles. The van der Waals surface area contributed by atoms with Crippen molar-refractivity contribution in [2.45, 2.75) is 45.1 Å². The third-order valence-corrected chi connectivity index (χ3v) is 5.44. The van der Waals surface area contributed by atoms with E-state index in [2.05, 4.69) is 51.6 Å². The SMILES string of the molecule is CC(C)(Oc1ccc(CCCc2n[nH]c(Cc3ccc4ccccc4c3)n2)cc1)C(=O)O. The molecule has 164 valence electrons. The molecule has 0 radical (unpaired) electrons. The molecule has 6 heteroatoms. The molecule has 0 fully saturated rings. The van der Waals surface area contributed by atoms with E-state index in [1.165, 1.54) is 30.2 Å². The predicted octanol–water partition coefficient (Wildman–Crippen LogP) is 4.97. The van der Waals surface area contributed by atoms with Crippen LogP contribution in [-0.2, 0) is 24.1 Å². The van der Waals surface area contributed by atoms with Gasteiger partial charge in [0.05, 0.1) is 0 Å². The van der Waals surface area contributed by atoms with Gasteiger partial charge in [-0.05, 0) is 60.7 Å². The molecule has 32 heavy (non-hydrogen) atoms. The number of hydrogen-bond donors (Lipinski definition) is 2. The van der Waals surface area contributed by atoms with Crippen molar-refractivity contribution in [2.24, 2.45) is 0 Å². The summed E-state index contributed by atoms with van der Waals surface area (Å²) in [6.07, 6.45) is 3.33. The van der Waals surface area contributed by atoms with Crippen molar-refractivity contribution in [1.29, 1.82) is 0 Å². The molecule has 0 aliphatic carbocycles. The van der Waals surface area contributed by atoms with E-state index < -0.39 is 11.6 Å². The summed E-state index contributed by atoms with van der Waals surface area (Å²) in [4.78, 5) is 15.8. The molecule has 6 nitrogen and oxygen atoms in total. The van der Waals surface area contributed by atoms with Gasteiger partial charge in [-0.2, -0.15) is 5.10 Å². The van der Waals surface area contributed by atoms with E-state index >= 15 is 0 Å². The summed E-state index contributed by atoms with van der Waals surface area (Å²) in [5.41, 5.74) is 1.12. The molecule has 4 aromatic rings.